The molecule has 0 radical (unpaired) electrons. The summed E-state index contributed by atoms with van der Waals surface area (Å²) in [6.45, 7) is 3.21. The van der Waals surface area contributed by atoms with Gasteiger partial charge in [-0.3, -0.25) is 0 Å². The van der Waals surface area contributed by atoms with Crippen molar-refractivity contribution in [3.05, 3.63) is 65.5 Å². The van der Waals surface area contributed by atoms with Crippen LogP contribution >= 0.6 is 0 Å². The molecule has 0 saturated carbocycles. The fourth-order valence-electron chi connectivity index (χ4n) is 3.39. The second kappa shape index (κ2) is 6.83. The first-order valence-corrected chi connectivity index (χ1v) is 10.2. The number of para-hydroxylation sites is 1. The SMILES string of the molecule is Cc1cccc2c1nc1n2[C@@H](CNS(=O)(=O)Cc2ccccc2)COC1. The Kier molecular flexibility index (Phi) is 4.52. The summed E-state index contributed by atoms with van der Waals surface area (Å²) in [6, 6.07) is 15.1. The van der Waals surface area contributed by atoms with E-state index in [1.54, 1.807) is 0 Å². The number of hydrogen-bond acceptors (Lipinski definition) is 4. The van der Waals surface area contributed by atoms with Crippen LogP contribution in [0.5, 0.6) is 0 Å². The van der Waals surface area contributed by atoms with Crippen molar-refractivity contribution in [1.29, 1.82) is 0 Å². The first-order chi connectivity index (χ1) is 12.5. The van der Waals surface area contributed by atoms with Gasteiger partial charge in [0.05, 0.1) is 29.4 Å². The Morgan fingerprint density at radius 1 is 1.19 bits per heavy atom. The highest BCUT2D eigenvalue weighted by Gasteiger charge is 2.25. The molecular formula is C19H21N3O3S. The van der Waals surface area contributed by atoms with Crippen molar-refractivity contribution in [1.82, 2.24) is 14.3 Å². The number of hydrogen-bond donors (Lipinski definition) is 1. The van der Waals surface area contributed by atoms with Crippen molar-refractivity contribution in [2.45, 2.75) is 25.3 Å². The number of aromatic nitrogens is 2. The molecule has 0 aliphatic carbocycles. The number of nitrogens with zero attached hydrogens (tertiary/aromatic N) is 2. The van der Waals surface area contributed by atoms with Gasteiger partial charge in [-0.25, -0.2) is 18.1 Å². The summed E-state index contributed by atoms with van der Waals surface area (Å²) in [5.74, 6) is 0.811. The van der Waals surface area contributed by atoms with Gasteiger partial charge in [0.2, 0.25) is 10.0 Å². The number of benzene rings is 2. The summed E-state index contributed by atoms with van der Waals surface area (Å²) in [6.07, 6.45) is 0. The first-order valence-electron chi connectivity index (χ1n) is 8.59. The molecule has 4 rings (SSSR count). The van der Waals surface area contributed by atoms with Crippen LogP contribution in [0.1, 0.15) is 23.0 Å². The maximum atomic E-state index is 12.4. The second-order valence-electron chi connectivity index (χ2n) is 6.60. The summed E-state index contributed by atoms with van der Waals surface area (Å²) in [5.41, 5.74) is 3.85. The molecule has 2 heterocycles. The fourth-order valence-corrected chi connectivity index (χ4v) is 4.57. The average Bonchev–Trinajstić information content (AvgIpc) is 3.01. The second-order valence-corrected chi connectivity index (χ2v) is 8.41. The molecule has 0 unspecified atom stereocenters. The van der Waals surface area contributed by atoms with Gasteiger partial charge < -0.3 is 9.30 Å². The number of fused-ring (bicyclic) bond motifs is 3. The topological polar surface area (TPSA) is 73.2 Å². The van der Waals surface area contributed by atoms with Crippen LogP contribution in [0.25, 0.3) is 11.0 Å². The average molecular weight is 371 g/mol. The number of sulfonamides is 1. The maximum Gasteiger partial charge on any atom is 0.215 e. The Hall–Kier alpha value is -2.22. The first kappa shape index (κ1) is 17.2. The van der Waals surface area contributed by atoms with Gasteiger partial charge in [0, 0.05) is 6.54 Å². The van der Waals surface area contributed by atoms with Crippen LogP contribution in [0.15, 0.2) is 48.5 Å². The zero-order valence-corrected chi connectivity index (χ0v) is 15.4. The number of ether oxygens (including phenoxy) is 1. The van der Waals surface area contributed by atoms with E-state index in [4.69, 9.17) is 4.74 Å². The van der Waals surface area contributed by atoms with E-state index in [9.17, 15) is 8.42 Å². The van der Waals surface area contributed by atoms with Gasteiger partial charge in [0.25, 0.3) is 0 Å². The van der Waals surface area contributed by atoms with Crippen molar-refractivity contribution < 1.29 is 13.2 Å². The smallest absolute Gasteiger partial charge is 0.215 e. The standard InChI is InChI=1S/C19H21N3O3S/c1-14-6-5-9-17-19(14)21-18-12-25-11-16(22(17)18)10-20-26(23,24)13-15-7-3-2-4-8-15/h2-9,16,20H,10-13H2,1H3/t16-/m0/s1. The van der Waals surface area contributed by atoms with Crippen LogP contribution in [-0.2, 0) is 27.1 Å². The number of nitrogens with one attached hydrogen (secondary N) is 1. The van der Waals surface area contributed by atoms with Gasteiger partial charge in [-0.15, -0.1) is 0 Å². The Morgan fingerprint density at radius 2 is 2.00 bits per heavy atom. The molecule has 0 bridgehead atoms. The number of rotatable bonds is 5. The molecule has 1 atom stereocenters. The molecule has 2 aromatic carbocycles. The van der Waals surface area contributed by atoms with Crippen LogP contribution in [0.2, 0.25) is 0 Å². The van der Waals surface area contributed by atoms with E-state index in [0.717, 1.165) is 28.0 Å². The van der Waals surface area contributed by atoms with Crippen LogP contribution in [-0.4, -0.2) is 31.1 Å². The predicted octanol–water partition coefficient (Wildman–Crippen LogP) is 2.54. The highest BCUT2D eigenvalue weighted by Crippen LogP contribution is 2.27. The molecule has 7 heteroatoms. The molecule has 0 amide bonds. The van der Waals surface area contributed by atoms with Gasteiger partial charge in [-0.1, -0.05) is 42.5 Å². The Morgan fingerprint density at radius 3 is 2.81 bits per heavy atom. The summed E-state index contributed by atoms with van der Waals surface area (Å²) < 4.78 is 35.3. The zero-order chi connectivity index (χ0) is 18.1. The van der Waals surface area contributed by atoms with Crippen LogP contribution in [0.3, 0.4) is 0 Å². The van der Waals surface area contributed by atoms with Crippen molar-refractivity contribution in [2.24, 2.45) is 0 Å². The van der Waals surface area contributed by atoms with E-state index >= 15 is 0 Å². The van der Waals surface area contributed by atoms with Gasteiger partial charge in [-0.05, 0) is 24.1 Å². The van der Waals surface area contributed by atoms with E-state index in [0.29, 0.717) is 13.2 Å². The van der Waals surface area contributed by atoms with Gasteiger partial charge in [0.1, 0.15) is 12.4 Å². The van der Waals surface area contributed by atoms with Gasteiger partial charge in [-0.2, -0.15) is 0 Å². The Labute approximate surface area is 152 Å². The molecule has 1 N–H and O–H groups in total. The molecule has 6 nitrogen and oxygen atoms in total. The molecule has 0 saturated heterocycles. The third-order valence-corrected chi connectivity index (χ3v) is 5.96. The lowest BCUT2D eigenvalue weighted by Gasteiger charge is -2.26. The maximum absolute atomic E-state index is 12.4. The fraction of sp³-hybridized carbons (Fsp3) is 0.316. The molecule has 0 fully saturated rings. The highest BCUT2D eigenvalue weighted by atomic mass is 32.2. The minimum absolute atomic E-state index is 0.0297. The third-order valence-electron chi connectivity index (χ3n) is 4.64. The highest BCUT2D eigenvalue weighted by molar-refractivity contribution is 7.88. The molecule has 0 spiro atoms. The zero-order valence-electron chi connectivity index (χ0n) is 14.6. The summed E-state index contributed by atoms with van der Waals surface area (Å²) >= 11 is 0. The van der Waals surface area contributed by atoms with Gasteiger partial charge in [0.15, 0.2) is 0 Å². The largest absolute Gasteiger partial charge is 0.371 e. The van der Waals surface area contributed by atoms with E-state index in [1.807, 2.05) is 55.5 Å². The lowest BCUT2D eigenvalue weighted by molar-refractivity contribution is 0.0581. The molecule has 136 valence electrons. The van der Waals surface area contributed by atoms with E-state index < -0.39 is 10.0 Å². The van der Waals surface area contributed by atoms with Crippen molar-refractivity contribution in [3.63, 3.8) is 0 Å². The van der Waals surface area contributed by atoms with Crippen LogP contribution in [0, 0.1) is 6.92 Å². The minimum atomic E-state index is -3.42. The molecule has 1 aromatic heterocycles. The minimum Gasteiger partial charge on any atom is -0.371 e. The van der Waals surface area contributed by atoms with E-state index in [-0.39, 0.29) is 18.3 Å². The Bertz CT molecular complexity index is 1030. The van der Waals surface area contributed by atoms with Crippen molar-refractivity contribution in [2.75, 3.05) is 13.2 Å². The summed E-state index contributed by atoms with van der Waals surface area (Å²) in [7, 11) is -3.42. The van der Waals surface area contributed by atoms with Gasteiger partial charge >= 0.3 is 0 Å². The monoisotopic (exact) mass is 371 g/mol. The quantitative estimate of drug-likeness (QED) is 0.748. The van der Waals surface area contributed by atoms with Crippen LogP contribution < -0.4 is 4.72 Å². The number of imidazole rings is 1. The normalized spacial score (nSPS) is 17.3. The third kappa shape index (κ3) is 3.38. The lowest BCUT2D eigenvalue weighted by atomic mass is 10.2. The molecule has 3 aromatic rings. The molecule has 26 heavy (non-hydrogen) atoms. The van der Waals surface area contributed by atoms with E-state index in [2.05, 4.69) is 14.3 Å². The van der Waals surface area contributed by atoms with Crippen LogP contribution in [0.4, 0.5) is 0 Å². The Balaban J connectivity index is 1.55. The van der Waals surface area contributed by atoms with E-state index in [1.165, 1.54) is 0 Å². The number of aryl methyl sites for hydroxylation is 1. The molecular weight excluding hydrogens is 350 g/mol. The summed E-state index contributed by atoms with van der Waals surface area (Å²) in [4.78, 5) is 4.68. The summed E-state index contributed by atoms with van der Waals surface area (Å²) in [5, 5.41) is 0. The lowest BCUT2D eigenvalue weighted by Crippen LogP contribution is -2.36. The predicted molar refractivity (Wildman–Crippen MR) is 100 cm³/mol. The van der Waals surface area contributed by atoms with Crippen molar-refractivity contribution in [3.8, 4) is 0 Å². The molecule has 1 aliphatic rings. The molecule has 1 aliphatic heterocycles. The van der Waals surface area contributed by atoms with Crippen molar-refractivity contribution >= 4 is 21.1 Å².